The average Bonchev–Trinajstić information content (AvgIpc) is 2.59. The number of ether oxygens (including phenoxy) is 1. The summed E-state index contributed by atoms with van der Waals surface area (Å²) < 4.78 is 33.3. The lowest BCUT2D eigenvalue weighted by Crippen LogP contribution is -2.53. The molecule has 27 heavy (non-hydrogen) atoms. The van der Waals surface area contributed by atoms with Gasteiger partial charge < -0.3 is 9.64 Å². The minimum Gasteiger partial charge on any atom is -0.369 e. The molecule has 0 aromatic heterocycles. The summed E-state index contributed by atoms with van der Waals surface area (Å²) in [6.45, 7) is 9.46. The first-order chi connectivity index (χ1) is 12.6. The fourth-order valence-corrected chi connectivity index (χ4v) is 5.82. The quantitative estimate of drug-likeness (QED) is 0.791. The third-order valence-electron chi connectivity index (χ3n) is 5.31. The van der Waals surface area contributed by atoms with Gasteiger partial charge in [-0.3, -0.25) is 4.79 Å². The van der Waals surface area contributed by atoms with Gasteiger partial charge in [-0.05, 0) is 64.8 Å². The van der Waals surface area contributed by atoms with Gasteiger partial charge in [0.05, 0.1) is 16.6 Å². The highest BCUT2D eigenvalue weighted by Gasteiger charge is 2.34. The number of morpholine rings is 1. The van der Waals surface area contributed by atoms with Gasteiger partial charge in [-0.15, -0.1) is 0 Å². The summed E-state index contributed by atoms with van der Waals surface area (Å²) in [4.78, 5) is 14.9. The minimum atomic E-state index is -3.52. The first kappa shape index (κ1) is 20.3. The van der Waals surface area contributed by atoms with E-state index in [2.05, 4.69) is 0 Å². The smallest absolute Gasteiger partial charge is 0.254 e. The fourth-order valence-electron chi connectivity index (χ4n) is 4.12. The second-order valence-corrected chi connectivity index (χ2v) is 10.2. The Morgan fingerprint density at radius 3 is 2.41 bits per heavy atom. The zero-order valence-electron chi connectivity index (χ0n) is 16.6. The van der Waals surface area contributed by atoms with Crippen molar-refractivity contribution in [3.8, 4) is 0 Å². The van der Waals surface area contributed by atoms with Crippen LogP contribution in [0.1, 0.15) is 57.3 Å². The molecule has 150 valence electrons. The number of benzene rings is 1. The predicted octanol–water partition coefficient (Wildman–Crippen LogP) is 2.89. The van der Waals surface area contributed by atoms with Crippen molar-refractivity contribution in [1.29, 1.82) is 0 Å². The number of piperidine rings is 1. The number of amides is 1. The molecule has 1 amide bonds. The van der Waals surface area contributed by atoms with Crippen LogP contribution in [0.2, 0.25) is 0 Å². The monoisotopic (exact) mass is 394 g/mol. The second kappa shape index (κ2) is 7.53. The van der Waals surface area contributed by atoms with E-state index in [0.29, 0.717) is 25.2 Å². The minimum absolute atomic E-state index is 0.0159. The molecule has 2 aliphatic rings. The molecule has 2 atom stereocenters. The molecule has 2 unspecified atom stereocenters. The van der Waals surface area contributed by atoms with Gasteiger partial charge in [-0.1, -0.05) is 6.42 Å². The van der Waals surface area contributed by atoms with Crippen molar-refractivity contribution in [3.05, 3.63) is 29.8 Å². The summed E-state index contributed by atoms with van der Waals surface area (Å²) in [6.07, 6.45) is 2.82. The molecule has 2 fully saturated rings. The Balaban J connectivity index is 1.78. The highest BCUT2D eigenvalue weighted by Crippen LogP contribution is 2.26. The molecule has 2 heterocycles. The van der Waals surface area contributed by atoms with Crippen LogP contribution in [0.4, 0.5) is 0 Å². The molecule has 0 radical (unpaired) electrons. The molecule has 7 heteroatoms. The van der Waals surface area contributed by atoms with Crippen molar-refractivity contribution in [3.63, 3.8) is 0 Å². The summed E-state index contributed by atoms with van der Waals surface area (Å²) in [5.74, 6) is -0.0893. The van der Waals surface area contributed by atoms with Crippen molar-refractivity contribution in [2.24, 2.45) is 0 Å². The summed E-state index contributed by atoms with van der Waals surface area (Å²) in [7, 11) is -3.52. The average molecular weight is 395 g/mol. The van der Waals surface area contributed by atoms with E-state index < -0.39 is 10.0 Å². The van der Waals surface area contributed by atoms with Gasteiger partial charge in [0.15, 0.2) is 0 Å². The zero-order chi connectivity index (χ0) is 19.8. The van der Waals surface area contributed by atoms with Gasteiger partial charge in [-0.25, -0.2) is 8.42 Å². The van der Waals surface area contributed by atoms with Crippen molar-refractivity contribution in [2.75, 3.05) is 19.6 Å². The van der Waals surface area contributed by atoms with Crippen LogP contribution in [-0.2, 0) is 14.8 Å². The van der Waals surface area contributed by atoms with Gasteiger partial charge in [0, 0.05) is 31.2 Å². The Morgan fingerprint density at radius 2 is 1.81 bits per heavy atom. The number of sulfonamides is 1. The highest BCUT2D eigenvalue weighted by molar-refractivity contribution is 7.89. The Labute approximate surface area is 162 Å². The van der Waals surface area contributed by atoms with Crippen molar-refractivity contribution < 1.29 is 17.9 Å². The molecule has 0 saturated carbocycles. The van der Waals surface area contributed by atoms with Crippen LogP contribution < -0.4 is 0 Å². The zero-order valence-corrected chi connectivity index (χ0v) is 17.5. The van der Waals surface area contributed by atoms with Crippen LogP contribution in [-0.4, -0.2) is 60.9 Å². The number of carbonyl (C=O) groups excluding carboxylic acids is 1. The molecule has 0 spiro atoms. The Kier molecular flexibility index (Phi) is 5.66. The Morgan fingerprint density at radius 1 is 1.15 bits per heavy atom. The molecule has 1 aromatic carbocycles. The maximum atomic E-state index is 12.9. The number of hydrogen-bond acceptors (Lipinski definition) is 4. The van der Waals surface area contributed by atoms with E-state index in [1.165, 1.54) is 0 Å². The first-order valence-electron chi connectivity index (χ1n) is 9.69. The van der Waals surface area contributed by atoms with Crippen molar-refractivity contribution in [1.82, 2.24) is 9.21 Å². The third-order valence-corrected chi connectivity index (χ3v) is 7.33. The molecule has 6 nitrogen and oxygen atoms in total. The molecular formula is C20H30N2O4S. The highest BCUT2D eigenvalue weighted by atomic mass is 32.2. The van der Waals surface area contributed by atoms with Gasteiger partial charge >= 0.3 is 0 Å². The Bertz CT molecular complexity index is 789. The Hall–Kier alpha value is -1.44. The number of hydrogen-bond donors (Lipinski definition) is 0. The van der Waals surface area contributed by atoms with Crippen molar-refractivity contribution in [2.45, 2.75) is 69.6 Å². The maximum Gasteiger partial charge on any atom is 0.254 e. The van der Waals surface area contributed by atoms with E-state index in [1.807, 2.05) is 27.7 Å². The van der Waals surface area contributed by atoms with Gasteiger partial charge in [0.1, 0.15) is 0 Å². The van der Waals surface area contributed by atoms with Crippen LogP contribution in [0.25, 0.3) is 0 Å². The molecule has 0 N–H and O–H groups in total. The maximum absolute atomic E-state index is 12.9. The topological polar surface area (TPSA) is 66.9 Å². The molecular weight excluding hydrogens is 364 g/mol. The second-order valence-electron chi connectivity index (χ2n) is 8.36. The number of carbonyl (C=O) groups is 1. The lowest BCUT2D eigenvalue weighted by Gasteiger charge is -2.41. The first-order valence-corrected chi connectivity index (χ1v) is 11.1. The largest absolute Gasteiger partial charge is 0.369 e. The summed E-state index contributed by atoms with van der Waals surface area (Å²) in [5.41, 5.74) is 0.117. The number of rotatable bonds is 3. The van der Waals surface area contributed by atoms with Gasteiger partial charge in [0.25, 0.3) is 5.91 Å². The van der Waals surface area contributed by atoms with E-state index in [0.717, 1.165) is 19.3 Å². The molecule has 0 aliphatic carbocycles. The van der Waals surface area contributed by atoms with E-state index in [-0.39, 0.29) is 28.5 Å². The summed E-state index contributed by atoms with van der Waals surface area (Å²) in [5, 5.41) is 0. The van der Waals surface area contributed by atoms with Gasteiger partial charge in [-0.2, -0.15) is 4.31 Å². The number of nitrogens with zero attached hydrogens (tertiary/aromatic N) is 2. The normalized spacial score (nSPS) is 26.7. The molecule has 1 aromatic rings. The molecule has 2 aliphatic heterocycles. The van der Waals surface area contributed by atoms with E-state index >= 15 is 0 Å². The SMILES string of the molecule is CC1CN(C(=O)c2ccc(S(=O)(=O)N3CCCCC3C)cc2)CC(C)(C)O1. The molecule has 2 saturated heterocycles. The molecule has 0 bridgehead atoms. The molecule has 3 rings (SSSR count). The van der Waals surface area contributed by atoms with E-state index in [9.17, 15) is 13.2 Å². The van der Waals surface area contributed by atoms with Crippen LogP contribution in [0, 0.1) is 0 Å². The van der Waals surface area contributed by atoms with Crippen LogP contribution in [0.5, 0.6) is 0 Å². The standard InChI is InChI=1S/C20H30N2O4S/c1-15-7-5-6-12-22(15)27(24,25)18-10-8-17(9-11-18)19(23)21-13-16(2)26-20(3,4)14-21/h8-11,15-16H,5-7,12-14H2,1-4H3. The van der Waals surface area contributed by atoms with Crippen LogP contribution in [0.15, 0.2) is 29.2 Å². The lowest BCUT2D eigenvalue weighted by molar-refractivity contribution is -0.118. The predicted molar refractivity (Wildman–Crippen MR) is 104 cm³/mol. The lowest BCUT2D eigenvalue weighted by atomic mass is 10.0. The third kappa shape index (κ3) is 4.36. The van der Waals surface area contributed by atoms with Gasteiger partial charge in [0.2, 0.25) is 10.0 Å². The van der Waals surface area contributed by atoms with Crippen LogP contribution >= 0.6 is 0 Å². The fraction of sp³-hybridized carbons (Fsp3) is 0.650. The van der Waals surface area contributed by atoms with E-state index in [4.69, 9.17) is 4.74 Å². The van der Waals surface area contributed by atoms with Crippen molar-refractivity contribution >= 4 is 15.9 Å². The van der Waals surface area contributed by atoms with E-state index in [1.54, 1.807) is 33.5 Å². The van der Waals surface area contributed by atoms with Crippen LogP contribution in [0.3, 0.4) is 0 Å². The summed E-state index contributed by atoms with van der Waals surface area (Å²) in [6, 6.07) is 6.37. The summed E-state index contributed by atoms with van der Waals surface area (Å²) >= 11 is 0.